The van der Waals surface area contributed by atoms with Crippen molar-refractivity contribution in [3.05, 3.63) is 54.1 Å². The minimum absolute atomic E-state index is 0.454. The van der Waals surface area contributed by atoms with Crippen molar-refractivity contribution in [2.75, 3.05) is 17.7 Å². The van der Waals surface area contributed by atoms with Crippen LogP contribution in [0.4, 0.5) is 11.4 Å². The summed E-state index contributed by atoms with van der Waals surface area (Å²) in [6.45, 7) is 0. The van der Waals surface area contributed by atoms with Gasteiger partial charge in [-0.2, -0.15) is 0 Å². The number of amides is 2. The van der Waals surface area contributed by atoms with Crippen LogP contribution >= 0.6 is 0 Å². The molecular weight excluding hydrogens is 296 g/mol. The first-order valence-electron chi connectivity index (χ1n) is 6.99. The molecule has 0 saturated carbocycles. The van der Waals surface area contributed by atoms with E-state index in [1.165, 1.54) is 7.11 Å². The van der Waals surface area contributed by atoms with Crippen molar-refractivity contribution in [3.8, 4) is 5.75 Å². The van der Waals surface area contributed by atoms with Crippen LogP contribution in [-0.2, 0) is 14.4 Å². The average molecular weight is 310 g/mol. The van der Waals surface area contributed by atoms with Gasteiger partial charge in [0.2, 0.25) is 11.7 Å². The molecule has 2 amide bonds. The smallest absolute Gasteiger partial charge is 0.292 e. The van der Waals surface area contributed by atoms with Crippen molar-refractivity contribution in [2.45, 2.75) is 5.92 Å². The van der Waals surface area contributed by atoms with Crippen LogP contribution < -0.4 is 15.4 Å². The van der Waals surface area contributed by atoms with Gasteiger partial charge in [-0.3, -0.25) is 14.4 Å². The van der Waals surface area contributed by atoms with Crippen LogP contribution in [0.2, 0.25) is 0 Å². The molecule has 6 nitrogen and oxygen atoms in total. The quantitative estimate of drug-likeness (QED) is 0.667. The van der Waals surface area contributed by atoms with E-state index in [1.807, 2.05) is 0 Å². The van der Waals surface area contributed by atoms with Crippen molar-refractivity contribution < 1.29 is 19.1 Å². The highest BCUT2D eigenvalue weighted by Gasteiger charge is 2.39. The molecule has 2 N–H and O–H groups in total. The van der Waals surface area contributed by atoms with Gasteiger partial charge in [0.05, 0.1) is 7.11 Å². The van der Waals surface area contributed by atoms with Gasteiger partial charge >= 0.3 is 0 Å². The van der Waals surface area contributed by atoms with Gasteiger partial charge in [0, 0.05) is 11.4 Å². The number of methoxy groups -OCH3 is 1. The van der Waals surface area contributed by atoms with Gasteiger partial charge in [-0.1, -0.05) is 18.2 Å². The third kappa shape index (κ3) is 2.78. The van der Waals surface area contributed by atoms with E-state index >= 15 is 0 Å². The molecule has 3 rings (SSSR count). The Morgan fingerprint density at radius 2 is 1.78 bits per heavy atom. The molecule has 0 unspecified atom stereocenters. The highest BCUT2D eigenvalue weighted by atomic mass is 16.5. The number of nitrogens with one attached hydrogen (secondary N) is 2. The molecule has 0 aromatic heterocycles. The fourth-order valence-electron chi connectivity index (χ4n) is 2.47. The summed E-state index contributed by atoms with van der Waals surface area (Å²) in [5.41, 5.74) is 1.54. The summed E-state index contributed by atoms with van der Waals surface area (Å²) in [6.07, 6.45) is 0. The average Bonchev–Trinajstić information content (AvgIpc) is 2.90. The number of rotatable bonds is 4. The molecule has 1 aliphatic heterocycles. The van der Waals surface area contributed by atoms with Crippen molar-refractivity contribution in [1.82, 2.24) is 0 Å². The van der Waals surface area contributed by atoms with Crippen LogP contribution in [0.15, 0.2) is 48.5 Å². The molecule has 1 heterocycles. The first-order valence-corrected chi connectivity index (χ1v) is 6.99. The standard InChI is InChI=1S/C17H14N2O4/c1-23-11-8-6-10(7-9-11)18-17(22)15(20)14-12-4-2-3-5-13(12)19-16(14)21/h2-9,14H,1H3,(H,18,22)(H,19,21)/t14-/m0/s1. The van der Waals surface area contributed by atoms with E-state index in [2.05, 4.69) is 10.6 Å². The third-order valence-corrected chi connectivity index (χ3v) is 3.63. The number of anilines is 2. The van der Waals surface area contributed by atoms with Crippen LogP contribution in [0.5, 0.6) is 5.75 Å². The topological polar surface area (TPSA) is 84.5 Å². The lowest BCUT2D eigenvalue weighted by Gasteiger charge is -2.09. The maximum Gasteiger partial charge on any atom is 0.292 e. The highest BCUT2D eigenvalue weighted by Crippen LogP contribution is 2.32. The van der Waals surface area contributed by atoms with Gasteiger partial charge in [0.15, 0.2) is 0 Å². The van der Waals surface area contributed by atoms with E-state index < -0.39 is 23.5 Å². The monoisotopic (exact) mass is 310 g/mol. The largest absolute Gasteiger partial charge is 0.497 e. The van der Waals surface area contributed by atoms with Gasteiger partial charge in [-0.05, 0) is 35.9 Å². The Morgan fingerprint density at radius 3 is 2.48 bits per heavy atom. The number of para-hydroxylation sites is 1. The van der Waals surface area contributed by atoms with Gasteiger partial charge in [0.25, 0.3) is 5.91 Å². The molecule has 0 radical (unpaired) electrons. The Balaban J connectivity index is 1.77. The number of hydrogen-bond donors (Lipinski definition) is 2. The fraction of sp³-hybridized carbons (Fsp3) is 0.118. The minimum Gasteiger partial charge on any atom is -0.497 e. The maximum atomic E-state index is 12.3. The molecule has 0 fully saturated rings. The van der Waals surface area contributed by atoms with E-state index in [-0.39, 0.29) is 0 Å². The molecule has 0 bridgehead atoms. The Hall–Kier alpha value is -3.15. The van der Waals surface area contributed by atoms with Crippen molar-refractivity contribution in [2.24, 2.45) is 0 Å². The Labute approximate surface area is 132 Å². The van der Waals surface area contributed by atoms with Gasteiger partial charge < -0.3 is 15.4 Å². The number of carbonyl (C=O) groups excluding carboxylic acids is 3. The summed E-state index contributed by atoms with van der Waals surface area (Å²) < 4.78 is 5.02. The third-order valence-electron chi connectivity index (χ3n) is 3.63. The lowest BCUT2D eigenvalue weighted by molar-refractivity contribution is -0.138. The molecule has 2 aromatic rings. The van der Waals surface area contributed by atoms with E-state index in [9.17, 15) is 14.4 Å². The summed E-state index contributed by atoms with van der Waals surface area (Å²) >= 11 is 0. The van der Waals surface area contributed by atoms with E-state index in [4.69, 9.17) is 4.74 Å². The number of ketones is 1. The molecule has 23 heavy (non-hydrogen) atoms. The number of hydrogen-bond acceptors (Lipinski definition) is 4. The summed E-state index contributed by atoms with van der Waals surface area (Å²) in [4.78, 5) is 36.5. The predicted octanol–water partition coefficient (Wildman–Crippen LogP) is 1.94. The molecular formula is C17H14N2O4. The molecule has 0 saturated heterocycles. The zero-order valence-electron chi connectivity index (χ0n) is 12.3. The van der Waals surface area contributed by atoms with Crippen molar-refractivity contribution >= 4 is 29.0 Å². The zero-order chi connectivity index (χ0) is 16.4. The highest BCUT2D eigenvalue weighted by molar-refractivity contribution is 6.47. The lowest BCUT2D eigenvalue weighted by atomic mass is 9.95. The SMILES string of the molecule is COc1ccc(NC(=O)C(=O)[C@H]2C(=O)Nc3ccccc32)cc1. The lowest BCUT2D eigenvalue weighted by Crippen LogP contribution is -2.31. The molecule has 1 atom stereocenters. The number of fused-ring (bicyclic) bond motifs is 1. The number of Topliss-reactive ketones (excluding diaryl/α,β-unsaturated/α-hetero) is 1. The van der Waals surface area contributed by atoms with Crippen LogP contribution in [0, 0.1) is 0 Å². The molecule has 1 aliphatic rings. The zero-order valence-corrected chi connectivity index (χ0v) is 12.3. The molecule has 2 aromatic carbocycles. The molecule has 116 valence electrons. The summed E-state index contributed by atoms with van der Waals surface area (Å²) in [5, 5.41) is 5.10. The predicted molar refractivity (Wildman–Crippen MR) is 84.4 cm³/mol. The number of carbonyl (C=O) groups is 3. The first kappa shape index (κ1) is 14.8. The maximum absolute atomic E-state index is 12.3. The Kier molecular flexibility index (Phi) is 3.80. The second kappa shape index (κ2) is 5.92. The Morgan fingerprint density at radius 1 is 1.09 bits per heavy atom. The van der Waals surface area contributed by atoms with Gasteiger partial charge in [-0.25, -0.2) is 0 Å². The normalized spacial score (nSPS) is 15.5. The second-order valence-electron chi connectivity index (χ2n) is 5.06. The van der Waals surface area contributed by atoms with Crippen LogP contribution in [0.25, 0.3) is 0 Å². The van der Waals surface area contributed by atoms with Crippen LogP contribution in [0.1, 0.15) is 11.5 Å². The van der Waals surface area contributed by atoms with Crippen molar-refractivity contribution in [3.63, 3.8) is 0 Å². The van der Waals surface area contributed by atoms with E-state index in [0.29, 0.717) is 22.7 Å². The first-order chi connectivity index (χ1) is 11.1. The van der Waals surface area contributed by atoms with Crippen molar-refractivity contribution in [1.29, 1.82) is 0 Å². The summed E-state index contributed by atoms with van der Waals surface area (Å²) in [5.74, 6) is -2.57. The second-order valence-corrected chi connectivity index (χ2v) is 5.06. The van der Waals surface area contributed by atoms with Gasteiger partial charge in [-0.15, -0.1) is 0 Å². The summed E-state index contributed by atoms with van der Waals surface area (Å²) in [7, 11) is 1.53. The van der Waals surface area contributed by atoms with E-state index in [0.717, 1.165) is 0 Å². The molecule has 0 aliphatic carbocycles. The van der Waals surface area contributed by atoms with Crippen LogP contribution in [0.3, 0.4) is 0 Å². The van der Waals surface area contributed by atoms with Crippen LogP contribution in [-0.4, -0.2) is 24.7 Å². The summed E-state index contributed by atoms with van der Waals surface area (Å²) in [6, 6.07) is 13.4. The van der Waals surface area contributed by atoms with E-state index in [1.54, 1.807) is 48.5 Å². The Bertz CT molecular complexity index is 783. The molecule has 0 spiro atoms. The fourth-order valence-corrected chi connectivity index (χ4v) is 2.47. The number of benzene rings is 2. The number of ether oxygens (including phenoxy) is 1. The van der Waals surface area contributed by atoms with Gasteiger partial charge in [0.1, 0.15) is 11.7 Å². The minimum atomic E-state index is -1.11. The molecule has 6 heteroatoms.